The molecule has 0 spiro atoms. The molecule has 0 bridgehead atoms. The number of anilines is 1. The molecule has 1 aliphatic rings. The number of methoxy groups -OCH3 is 1. The Labute approximate surface area is 175 Å². The van der Waals surface area contributed by atoms with Crippen LogP contribution >= 0.6 is 0 Å². The van der Waals surface area contributed by atoms with E-state index in [1.165, 1.54) is 25.3 Å². The fourth-order valence-electron chi connectivity index (χ4n) is 3.47. The molecule has 0 saturated carbocycles. The van der Waals surface area contributed by atoms with Crippen molar-refractivity contribution in [3.63, 3.8) is 0 Å². The summed E-state index contributed by atoms with van der Waals surface area (Å²) < 4.78 is 53.0. The number of aromatic nitrogens is 2. The third-order valence-electron chi connectivity index (χ3n) is 4.87. The van der Waals surface area contributed by atoms with Crippen molar-refractivity contribution in [2.24, 2.45) is 0 Å². The number of amides is 1. The normalized spacial score (nSPS) is 15.7. The first-order valence-corrected chi connectivity index (χ1v) is 9.31. The molecular weight excluding hydrogens is 415 g/mol. The summed E-state index contributed by atoms with van der Waals surface area (Å²) in [7, 11) is 1.46. The number of carbonyl (C=O) groups is 1. The van der Waals surface area contributed by atoms with Crippen molar-refractivity contribution in [3.05, 3.63) is 65.4 Å². The smallest absolute Gasteiger partial charge is 0.493 e. The highest BCUT2D eigenvalue weighted by Gasteiger charge is 2.32. The zero-order valence-electron chi connectivity index (χ0n) is 16.3. The van der Waals surface area contributed by atoms with Crippen molar-refractivity contribution in [1.29, 1.82) is 0 Å². The van der Waals surface area contributed by atoms with E-state index in [0.29, 0.717) is 17.3 Å². The Morgan fingerprint density at radius 1 is 1.13 bits per heavy atom. The van der Waals surface area contributed by atoms with Crippen LogP contribution in [0.5, 0.6) is 17.2 Å². The van der Waals surface area contributed by atoms with Gasteiger partial charge in [-0.15, -0.1) is 13.2 Å². The number of H-pyrrole nitrogens is 1. The van der Waals surface area contributed by atoms with Gasteiger partial charge in [0.2, 0.25) is 5.91 Å². The average Bonchev–Trinajstić information content (AvgIpc) is 3.19. The van der Waals surface area contributed by atoms with E-state index >= 15 is 0 Å². The second kappa shape index (κ2) is 8.21. The van der Waals surface area contributed by atoms with Gasteiger partial charge < -0.3 is 19.5 Å². The number of fused-ring (bicyclic) bond motifs is 1. The second-order valence-corrected chi connectivity index (χ2v) is 6.86. The highest BCUT2D eigenvalue weighted by atomic mass is 19.4. The minimum atomic E-state index is -4.80. The van der Waals surface area contributed by atoms with Gasteiger partial charge in [-0.05, 0) is 23.8 Å². The Balaban J connectivity index is 1.55. The summed E-state index contributed by atoms with van der Waals surface area (Å²) in [6.07, 6.45) is -2.89. The molecule has 0 aliphatic carbocycles. The number of rotatable bonds is 6. The maximum atomic E-state index is 12.6. The van der Waals surface area contributed by atoms with Gasteiger partial charge >= 0.3 is 6.36 Å². The van der Waals surface area contributed by atoms with E-state index in [2.05, 4.69) is 20.3 Å². The SMILES string of the molecule is COc1cc(C2CC(=O)Nc3[nH]ncc32)ccc1OCc1ccccc1OC(F)(F)F. The molecule has 7 nitrogen and oxygen atoms in total. The summed E-state index contributed by atoms with van der Waals surface area (Å²) >= 11 is 0. The predicted octanol–water partition coefficient (Wildman–Crippen LogP) is 4.37. The van der Waals surface area contributed by atoms with Gasteiger partial charge in [-0.25, -0.2) is 0 Å². The van der Waals surface area contributed by atoms with Crippen LogP contribution in [0.15, 0.2) is 48.7 Å². The number of nitrogens with one attached hydrogen (secondary N) is 2. The molecule has 31 heavy (non-hydrogen) atoms. The number of para-hydroxylation sites is 1. The molecule has 1 aromatic heterocycles. The molecule has 2 N–H and O–H groups in total. The number of benzene rings is 2. The van der Waals surface area contributed by atoms with Crippen LogP contribution < -0.4 is 19.5 Å². The third-order valence-corrected chi connectivity index (χ3v) is 4.87. The molecule has 4 rings (SSSR count). The lowest BCUT2D eigenvalue weighted by Crippen LogP contribution is -2.23. The van der Waals surface area contributed by atoms with Crippen LogP contribution in [-0.4, -0.2) is 29.6 Å². The Morgan fingerprint density at radius 3 is 2.71 bits per heavy atom. The fourth-order valence-corrected chi connectivity index (χ4v) is 3.47. The molecule has 1 amide bonds. The quantitative estimate of drug-likeness (QED) is 0.603. The summed E-state index contributed by atoms with van der Waals surface area (Å²) in [6, 6.07) is 11.0. The van der Waals surface area contributed by atoms with Crippen LogP contribution in [0.2, 0.25) is 0 Å². The molecule has 0 fully saturated rings. The summed E-state index contributed by atoms with van der Waals surface area (Å²) in [5, 5.41) is 9.48. The lowest BCUT2D eigenvalue weighted by molar-refractivity contribution is -0.275. The minimum absolute atomic E-state index is 0.137. The molecule has 2 aromatic carbocycles. The van der Waals surface area contributed by atoms with Crippen LogP contribution in [0.1, 0.15) is 29.0 Å². The first-order chi connectivity index (χ1) is 14.8. The molecule has 1 aliphatic heterocycles. The molecular formula is C21H18F3N3O4. The van der Waals surface area contributed by atoms with Crippen molar-refractivity contribution < 1.29 is 32.2 Å². The van der Waals surface area contributed by atoms with E-state index in [0.717, 1.165) is 11.1 Å². The molecule has 1 unspecified atom stereocenters. The Morgan fingerprint density at radius 2 is 1.94 bits per heavy atom. The number of carbonyl (C=O) groups excluding carboxylic acids is 1. The number of aromatic amines is 1. The van der Waals surface area contributed by atoms with Crippen molar-refractivity contribution >= 4 is 11.7 Å². The van der Waals surface area contributed by atoms with Gasteiger partial charge in [0.25, 0.3) is 0 Å². The largest absolute Gasteiger partial charge is 0.573 e. The van der Waals surface area contributed by atoms with Crippen molar-refractivity contribution in [2.75, 3.05) is 12.4 Å². The van der Waals surface area contributed by atoms with Crippen molar-refractivity contribution in [2.45, 2.75) is 25.3 Å². The highest BCUT2D eigenvalue weighted by Crippen LogP contribution is 2.39. The summed E-state index contributed by atoms with van der Waals surface area (Å²) in [4.78, 5) is 12.0. The van der Waals surface area contributed by atoms with Crippen LogP contribution in [0.4, 0.5) is 19.0 Å². The lowest BCUT2D eigenvalue weighted by Gasteiger charge is -2.23. The average molecular weight is 433 g/mol. The maximum absolute atomic E-state index is 12.6. The van der Waals surface area contributed by atoms with Gasteiger partial charge in [-0.1, -0.05) is 24.3 Å². The number of halogens is 3. The van der Waals surface area contributed by atoms with Gasteiger partial charge in [0.1, 0.15) is 18.2 Å². The van der Waals surface area contributed by atoms with Crippen LogP contribution in [0.25, 0.3) is 0 Å². The minimum Gasteiger partial charge on any atom is -0.493 e. The van der Waals surface area contributed by atoms with E-state index in [1.54, 1.807) is 30.5 Å². The van der Waals surface area contributed by atoms with Crippen molar-refractivity contribution in [1.82, 2.24) is 10.2 Å². The third kappa shape index (κ3) is 4.57. The second-order valence-electron chi connectivity index (χ2n) is 6.86. The number of nitrogens with zero attached hydrogens (tertiary/aromatic N) is 1. The molecule has 1 atom stereocenters. The van der Waals surface area contributed by atoms with Gasteiger partial charge in [-0.3, -0.25) is 9.89 Å². The summed E-state index contributed by atoms with van der Waals surface area (Å²) in [5.74, 6) is 0.616. The molecule has 2 heterocycles. The molecule has 0 saturated heterocycles. The van der Waals surface area contributed by atoms with Crippen LogP contribution in [0.3, 0.4) is 0 Å². The lowest BCUT2D eigenvalue weighted by atomic mass is 9.87. The van der Waals surface area contributed by atoms with Crippen LogP contribution in [0, 0.1) is 0 Å². The van der Waals surface area contributed by atoms with Gasteiger partial charge in [0, 0.05) is 23.5 Å². The highest BCUT2D eigenvalue weighted by molar-refractivity contribution is 5.94. The standard InChI is InChI=1S/C21H18F3N3O4/c1-29-18-8-12(14-9-19(28)26-20-15(14)10-25-27-20)6-7-17(18)30-11-13-4-2-3-5-16(13)31-21(22,23)24/h2-8,10,14H,9,11H2,1H3,(H2,25,26,27,28). The van der Waals surface area contributed by atoms with Crippen LogP contribution in [-0.2, 0) is 11.4 Å². The number of alkyl halides is 3. The first kappa shape index (κ1) is 20.6. The van der Waals surface area contributed by atoms with Gasteiger partial charge in [0.05, 0.1) is 13.3 Å². The van der Waals surface area contributed by atoms with Crippen molar-refractivity contribution in [3.8, 4) is 17.2 Å². The Bertz CT molecular complexity index is 1100. The summed E-state index contributed by atoms with van der Waals surface area (Å²) in [6.45, 7) is -0.153. The van der Waals surface area contributed by atoms with E-state index < -0.39 is 6.36 Å². The van der Waals surface area contributed by atoms with E-state index in [4.69, 9.17) is 9.47 Å². The molecule has 162 valence electrons. The zero-order valence-corrected chi connectivity index (χ0v) is 16.3. The Hall–Kier alpha value is -3.69. The zero-order chi connectivity index (χ0) is 22.0. The number of hydrogen-bond donors (Lipinski definition) is 2. The molecule has 3 aromatic rings. The number of hydrogen-bond acceptors (Lipinski definition) is 5. The van der Waals surface area contributed by atoms with Gasteiger partial charge in [0.15, 0.2) is 11.5 Å². The summed E-state index contributed by atoms with van der Waals surface area (Å²) in [5.41, 5.74) is 1.91. The Kier molecular flexibility index (Phi) is 5.45. The predicted molar refractivity (Wildman–Crippen MR) is 104 cm³/mol. The fraction of sp³-hybridized carbons (Fsp3) is 0.238. The van der Waals surface area contributed by atoms with E-state index in [9.17, 15) is 18.0 Å². The molecule has 0 radical (unpaired) electrons. The topological polar surface area (TPSA) is 85.5 Å². The van der Waals surface area contributed by atoms with Gasteiger partial charge in [-0.2, -0.15) is 5.10 Å². The number of ether oxygens (including phenoxy) is 3. The van der Waals surface area contributed by atoms with E-state index in [-0.39, 0.29) is 36.2 Å². The van der Waals surface area contributed by atoms with E-state index in [1.807, 2.05) is 0 Å². The first-order valence-electron chi connectivity index (χ1n) is 9.31. The molecule has 10 heteroatoms. The monoisotopic (exact) mass is 433 g/mol. The maximum Gasteiger partial charge on any atom is 0.573 e.